The Hall–Kier alpha value is -2.33. The van der Waals surface area contributed by atoms with Crippen LogP contribution in [-0.4, -0.2) is 18.1 Å². The Bertz CT molecular complexity index is 757. The van der Waals surface area contributed by atoms with E-state index in [0.29, 0.717) is 6.54 Å². The summed E-state index contributed by atoms with van der Waals surface area (Å²) < 4.78 is 5.91. The van der Waals surface area contributed by atoms with Crippen LogP contribution in [0.3, 0.4) is 0 Å². The van der Waals surface area contributed by atoms with Crippen LogP contribution in [0.15, 0.2) is 42.0 Å². The highest BCUT2D eigenvalue weighted by Crippen LogP contribution is 2.27. The van der Waals surface area contributed by atoms with Crippen LogP contribution in [0.4, 0.5) is 0 Å². The number of hydrogen-bond acceptors (Lipinski definition) is 3. The second kappa shape index (κ2) is 5.46. The van der Waals surface area contributed by atoms with Gasteiger partial charge in [0, 0.05) is 12.1 Å². The van der Waals surface area contributed by atoms with Crippen LogP contribution in [0.25, 0.3) is 16.8 Å². The van der Waals surface area contributed by atoms with Crippen LogP contribution in [-0.2, 0) is 4.79 Å². The summed E-state index contributed by atoms with van der Waals surface area (Å²) in [5.41, 5.74) is 6.99. The molecule has 0 unspecified atom stereocenters. The number of nitrogens with one attached hydrogen (secondary N) is 2. The number of ether oxygens (including phenoxy) is 1. The molecule has 1 aliphatic heterocycles. The zero-order valence-electron chi connectivity index (χ0n) is 13.1. The van der Waals surface area contributed by atoms with E-state index in [1.54, 1.807) is 0 Å². The second-order valence-corrected chi connectivity index (χ2v) is 6.42. The maximum atomic E-state index is 11.7. The molecule has 4 nitrogen and oxygen atoms in total. The van der Waals surface area contributed by atoms with Crippen molar-refractivity contribution in [2.24, 2.45) is 0 Å². The van der Waals surface area contributed by atoms with Gasteiger partial charge in [-0.1, -0.05) is 24.3 Å². The minimum atomic E-state index is -0.221. The average molecular weight is 296 g/mol. The van der Waals surface area contributed by atoms with Gasteiger partial charge in [-0.2, -0.15) is 0 Å². The van der Waals surface area contributed by atoms with Gasteiger partial charge >= 0.3 is 0 Å². The number of hydrogen-bond donors (Lipinski definition) is 2. The summed E-state index contributed by atoms with van der Waals surface area (Å²) in [6.07, 6.45) is 1.93. The van der Waals surface area contributed by atoms with Gasteiger partial charge in [0.15, 0.2) is 0 Å². The van der Waals surface area contributed by atoms with E-state index in [9.17, 15) is 4.79 Å². The van der Waals surface area contributed by atoms with Crippen LogP contribution < -0.4 is 15.6 Å². The third kappa shape index (κ3) is 3.12. The summed E-state index contributed by atoms with van der Waals surface area (Å²) >= 11 is 0. The molecule has 1 saturated heterocycles. The predicted octanol–water partition coefficient (Wildman–Crippen LogP) is 3.03. The number of fused-ring (bicyclic) bond motifs is 1. The highest BCUT2D eigenvalue weighted by Gasteiger charge is 2.16. The van der Waals surface area contributed by atoms with Gasteiger partial charge in [0.25, 0.3) is 5.91 Å². The number of hydrazine groups is 1. The Balaban J connectivity index is 2.01. The van der Waals surface area contributed by atoms with Crippen LogP contribution in [0.5, 0.6) is 5.75 Å². The van der Waals surface area contributed by atoms with Crippen molar-refractivity contribution in [2.45, 2.75) is 26.4 Å². The Morgan fingerprint density at radius 2 is 2.00 bits per heavy atom. The quantitative estimate of drug-likeness (QED) is 0.838. The van der Waals surface area contributed by atoms with Crippen molar-refractivity contribution >= 4 is 22.8 Å². The molecule has 0 bridgehead atoms. The lowest BCUT2D eigenvalue weighted by Crippen LogP contribution is -2.25. The summed E-state index contributed by atoms with van der Waals surface area (Å²) in [4.78, 5) is 11.7. The van der Waals surface area contributed by atoms with E-state index in [-0.39, 0.29) is 11.5 Å². The molecule has 0 aliphatic carbocycles. The van der Waals surface area contributed by atoms with Gasteiger partial charge < -0.3 is 4.74 Å². The number of rotatable bonds is 2. The molecule has 1 amide bonds. The van der Waals surface area contributed by atoms with Gasteiger partial charge in [-0.25, -0.2) is 5.43 Å². The molecule has 4 heteroatoms. The first kappa shape index (κ1) is 14.6. The van der Waals surface area contributed by atoms with Gasteiger partial charge in [0.1, 0.15) is 11.4 Å². The molecule has 0 spiro atoms. The van der Waals surface area contributed by atoms with Gasteiger partial charge in [-0.15, -0.1) is 0 Å². The zero-order valence-corrected chi connectivity index (χ0v) is 13.1. The Morgan fingerprint density at radius 1 is 1.18 bits per heavy atom. The molecule has 114 valence electrons. The third-order valence-electron chi connectivity index (χ3n) is 3.41. The van der Waals surface area contributed by atoms with Crippen molar-refractivity contribution < 1.29 is 9.53 Å². The molecule has 1 aliphatic rings. The maximum absolute atomic E-state index is 11.7. The molecular formula is C18H20N2O2. The first-order valence-electron chi connectivity index (χ1n) is 7.38. The van der Waals surface area contributed by atoms with Crippen molar-refractivity contribution in [3.8, 4) is 5.75 Å². The van der Waals surface area contributed by atoms with Crippen molar-refractivity contribution in [3.63, 3.8) is 0 Å². The van der Waals surface area contributed by atoms with E-state index in [1.165, 1.54) is 0 Å². The number of benzene rings is 2. The molecule has 0 radical (unpaired) electrons. The molecule has 1 heterocycles. The van der Waals surface area contributed by atoms with Crippen molar-refractivity contribution in [1.82, 2.24) is 10.9 Å². The first-order chi connectivity index (χ1) is 10.4. The lowest BCUT2D eigenvalue weighted by atomic mass is 10.0. The Morgan fingerprint density at radius 3 is 2.68 bits per heavy atom. The van der Waals surface area contributed by atoms with Crippen LogP contribution >= 0.6 is 0 Å². The second-order valence-electron chi connectivity index (χ2n) is 6.42. The van der Waals surface area contributed by atoms with E-state index >= 15 is 0 Å². The van der Waals surface area contributed by atoms with Crippen molar-refractivity contribution in [3.05, 3.63) is 47.5 Å². The molecule has 1 fully saturated rings. The highest BCUT2D eigenvalue weighted by molar-refractivity contribution is 6.02. The lowest BCUT2D eigenvalue weighted by molar-refractivity contribution is -0.116. The van der Waals surface area contributed by atoms with Gasteiger partial charge in [-0.3, -0.25) is 10.2 Å². The topological polar surface area (TPSA) is 50.4 Å². The fourth-order valence-corrected chi connectivity index (χ4v) is 2.51. The largest absolute Gasteiger partial charge is 0.488 e. The SMILES string of the molecule is CC(C)(C)Oc1ccc2c(/C=C3\CNNC3=O)cccc2c1. The number of carbonyl (C=O) groups excluding carboxylic acids is 1. The summed E-state index contributed by atoms with van der Waals surface area (Å²) in [6.45, 7) is 6.64. The monoisotopic (exact) mass is 296 g/mol. The Kier molecular flexibility index (Phi) is 3.62. The number of amides is 1. The van der Waals surface area contributed by atoms with Gasteiger partial charge in [0.2, 0.25) is 0 Å². The van der Waals surface area contributed by atoms with E-state index in [4.69, 9.17) is 4.74 Å². The number of carbonyl (C=O) groups is 1. The summed E-state index contributed by atoms with van der Waals surface area (Å²) in [6, 6.07) is 12.1. The Labute approximate surface area is 130 Å². The van der Waals surface area contributed by atoms with E-state index in [0.717, 1.165) is 27.7 Å². The lowest BCUT2D eigenvalue weighted by Gasteiger charge is -2.21. The standard InChI is InChI=1S/C18H20N2O2/c1-18(2,3)22-15-7-8-16-12(5-4-6-13(16)10-15)9-14-11-19-20-17(14)21/h4-10,19H,11H2,1-3H3,(H,20,21)/b14-9+. The molecular weight excluding hydrogens is 276 g/mol. The predicted molar refractivity (Wildman–Crippen MR) is 88.5 cm³/mol. The molecule has 2 aromatic carbocycles. The highest BCUT2D eigenvalue weighted by atomic mass is 16.5. The summed E-state index contributed by atoms with van der Waals surface area (Å²) in [7, 11) is 0. The van der Waals surface area contributed by atoms with Crippen LogP contribution in [0, 0.1) is 0 Å². The van der Waals surface area contributed by atoms with Gasteiger partial charge in [0.05, 0.1) is 0 Å². The summed E-state index contributed by atoms with van der Waals surface area (Å²) in [5, 5.41) is 2.21. The molecule has 3 rings (SSSR count). The molecule has 22 heavy (non-hydrogen) atoms. The van der Waals surface area contributed by atoms with E-state index in [1.807, 2.05) is 57.2 Å². The van der Waals surface area contributed by atoms with Crippen LogP contribution in [0.2, 0.25) is 0 Å². The zero-order chi connectivity index (χ0) is 15.7. The van der Waals surface area contributed by atoms with E-state index < -0.39 is 0 Å². The average Bonchev–Trinajstić information content (AvgIpc) is 2.82. The smallest absolute Gasteiger partial charge is 0.262 e. The van der Waals surface area contributed by atoms with Gasteiger partial charge in [-0.05, 0) is 55.3 Å². The minimum Gasteiger partial charge on any atom is -0.488 e. The maximum Gasteiger partial charge on any atom is 0.262 e. The fraction of sp³-hybridized carbons (Fsp3) is 0.278. The van der Waals surface area contributed by atoms with Crippen molar-refractivity contribution in [2.75, 3.05) is 6.54 Å². The minimum absolute atomic E-state index is 0.0651. The molecule has 0 aromatic heterocycles. The van der Waals surface area contributed by atoms with E-state index in [2.05, 4.69) is 16.9 Å². The fourth-order valence-electron chi connectivity index (χ4n) is 2.51. The van der Waals surface area contributed by atoms with Crippen molar-refractivity contribution in [1.29, 1.82) is 0 Å². The first-order valence-corrected chi connectivity index (χ1v) is 7.38. The molecule has 0 saturated carbocycles. The summed E-state index contributed by atoms with van der Waals surface area (Å²) in [5.74, 6) is 0.787. The molecule has 0 atom stereocenters. The van der Waals surface area contributed by atoms with Crippen LogP contribution in [0.1, 0.15) is 26.3 Å². The normalized spacial score (nSPS) is 17.0. The third-order valence-corrected chi connectivity index (χ3v) is 3.41. The molecule has 2 aromatic rings. The molecule has 2 N–H and O–H groups in total.